The average Bonchev–Trinajstić information content (AvgIpc) is 2.47. The molecule has 0 saturated carbocycles. The first-order valence-electron chi connectivity index (χ1n) is 7.73. The molecule has 0 fully saturated rings. The molecule has 19 heavy (non-hydrogen) atoms. The molecule has 2 heteroatoms. The maximum Gasteiger partial charge on any atom is 0.0802 e. The Bertz CT molecular complexity index is 304. The summed E-state index contributed by atoms with van der Waals surface area (Å²) in [5.41, 5.74) is 1.04. The highest BCUT2D eigenvalue weighted by atomic mass is 16.3. The van der Waals surface area contributed by atoms with Gasteiger partial charge in [-0.15, -0.1) is 0 Å². The third kappa shape index (κ3) is 6.74. The standard InChI is InChI=1S/C17H29NO/c1-3-5-13-18(14-6-4-2)15-12-17(19)16-10-8-7-9-11-16/h7-11,17,19H,3-6,12-15H2,1-2H3. The third-order valence-electron chi connectivity index (χ3n) is 3.56. The molecule has 0 aliphatic carbocycles. The van der Waals surface area contributed by atoms with Crippen molar-refractivity contribution < 1.29 is 5.11 Å². The Balaban J connectivity index is 2.37. The Hall–Kier alpha value is -0.860. The van der Waals surface area contributed by atoms with E-state index in [4.69, 9.17) is 0 Å². The Morgan fingerprint density at radius 3 is 2.05 bits per heavy atom. The van der Waals surface area contributed by atoms with E-state index in [1.807, 2.05) is 30.3 Å². The number of hydrogen-bond acceptors (Lipinski definition) is 2. The van der Waals surface area contributed by atoms with Gasteiger partial charge in [-0.1, -0.05) is 57.0 Å². The lowest BCUT2D eigenvalue weighted by molar-refractivity contribution is 0.140. The van der Waals surface area contributed by atoms with Crippen LogP contribution >= 0.6 is 0 Å². The summed E-state index contributed by atoms with van der Waals surface area (Å²) >= 11 is 0. The number of nitrogens with zero attached hydrogens (tertiary/aromatic N) is 1. The molecule has 0 aliphatic heterocycles. The van der Waals surface area contributed by atoms with Crippen molar-refractivity contribution >= 4 is 0 Å². The molecule has 2 nitrogen and oxygen atoms in total. The molecular formula is C17H29NO. The molecule has 1 unspecified atom stereocenters. The van der Waals surface area contributed by atoms with Crippen LogP contribution in [0.2, 0.25) is 0 Å². The van der Waals surface area contributed by atoms with Crippen molar-refractivity contribution in [3.63, 3.8) is 0 Å². The largest absolute Gasteiger partial charge is 0.388 e. The summed E-state index contributed by atoms with van der Waals surface area (Å²) in [4.78, 5) is 2.50. The average molecular weight is 263 g/mol. The summed E-state index contributed by atoms with van der Waals surface area (Å²) in [7, 11) is 0. The van der Waals surface area contributed by atoms with E-state index in [1.54, 1.807) is 0 Å². The van der Waals surface area contributed by atoms with Gasteiger partial charge in [-0.2, -0.15) is 0 Å². The van der Waals surface area contributed by atoms with Crippen LogP contribution in [0, 0.1) is 0 Å². The van der Waals surface area contributed by atoms with Gasteiger partial charge in [-0.05, 0) is 37.9 Å². The molecular weight excluding hydrogens is 234 g/mol. The van der Waals surface area contributed by atoms with Gasteiger partial charge in [-0.25, -0.2) is 0 Å². The van der Waals surface area contributed by atoms with E-state index in [9.17, 15) is 5.11 Å². The van der Waals surface area contributed by atoms with Crippen LogP contribution in [0.4, 0.5) is 0 Å². The topological polar surface area (TPSA) is 23.5 Å². The molecule has 108 valence electrons. The molecule has 0 heterocycles. The van der Waals surface area contributed by atoms with Crippen molar-refractivity contribution in [3.8, 4) is 0 Å². The van der Waals surface area contributed by atoms with Crippen LogP contribution in [0.3, 0.4) is 0 Å². The van der Waals surface area contributed by atoms with Gasteiger partial charge in [0, 0.05) is 6.54 Å². The van der Waals surface area contributed by atoms with Crippen LogP contribution in [-0.2, 0) is 0 Å². The number of unbranched alkanes of at least 4 members (excludes halogenated alkanes) is 2. The van der Waals surface area contributed by atoms with Gasteiger partial charge in [0.2, 0.25) is 0 Å². The second-order valence-corrected chi connectivity index (χ2v) is 5.26. The highest BCUT2D eigenvalue weighted by Gasteiger charge is 2.10. The van der Waals surface area contributed by atoms with Crippen LogP contribution in [0.15, 0.2) is 30.3 Å². The highest BCUT2D eigenvalue weighted by Crippen LogP contribution is 2.16. The van der Waals surface area contributed by atoms with E-state index in [2.05, 4.69) is 18.7 Å². The lowest BCUT2D eigenvalue weighted by Crippen LogP contribution is -2.28. The smallest absolute Gasteiger partial charge is 0.0802 e. The lowest BCUT2D eigenvalue weighted by atomic mass is 10.1. The van der Waals surface area contributed by atoms with E-state index >= 15 is 0 Å². The highest BCUT2D eigenvalue weighted by molar-refractivity contribution is 5.17. The fraction of sp³-hybridized carbons (Fsp3) is 0.647. The fourth-order valence-electron chi connectivity index (χ4n) is 2.25. The summed E-state index contributed by atoms with van der Waals surface area (Å²) in [6.45, 7) is 7.79. The Morgan fingerprint density at radius 2 is 1.53 bits per heavy atom. The molecule has 0 saturated heterocycles. The van der Waals surface area contributed by atoms with Crippen LogP contribution in [0.5, 0.6) is 0 Å². The van der Waals surface area contributed by atoms with Gasteiger partial charge in [0.05, 0.1) is 6.10 Å². The van der Waals surface area contributed by atoms with Gasteiger partial charge < -0.3 is 10.0 Å². The van der Waals surface area contributed by atoms with Crippen LogP contribution in [-0.4, -0.2) is 29.6 Å². The summed E-state index contributed by atoms with van der Waals surface area (Å²) in [5, 5.41) is 10.2. The minimum Gasteiger partial charge on any atom is -0.388 e. The van der Waals surface area contributed by atoms with E-state index in [0.29, 0.717) is 0 Å². The quantitative estimate of drug-likeness (QED) is 0.689. The number of hydrogen-bond donors (Lipinski definition) is 1. The molecule has 1 atom stereocenters. The van der Waals surface area contributed by atoms with Crippen molar-refractivity contribution in [2.24, 2.45) is 0 Å². The zero-order valence-electron chi connectivity index (χ0n) is 12.5. The SMILES string of the molecule is CCCCN(CCCC)CCC(O)c1ccccc1. The first-order chi connectivity index (χ1) is 9.27. The van der Waals surface area contributed by atoms with Crippen molar-refractivity contribution in [2.75, 3.05) is 19.6 Å². The Kier molecular flexibility index (Phi) is 8.52. The predicted molar refractivity (Wildman–Crippen MR) is 82.3 cm³/mol. The molecule has 1 aromatic carbocycles. The molecule has 1 N–H and O–H groups in total. The van der Waals surface area contributed by atoms with Gasteiger partial charge in [0.1, 0.15) is 0 Å². The van der Waals surface area contributed by atoms with Gasteiger partial charge >= 0.3 is 0 Å². The summed E-state index contributed by atoms with van der Waals surface area (Å²) in [5.74, 6) is 0. The van der Waals surface area contributed by atoms with Crippen LogP contribution < -0.4 is 0 Å². The molecule has 1 aromatic rings. The first kappa shape index (κ1) is 16.2. The molecule has 0 spiro atoms. The fourth-order valence-corrected chi connectivity index (χ4v) is 2.25. The monoisotopic (exact) mass is 263 g/mol. The van der Waals surface area contributed by atoms with Gasteiger partial charge in [0.15, 0.2) is 0 Å². The molecule has 0 aromatic heterocycles. The molecule has 0 bridgehead atoms. The molecule has 0 amide bonds. The van der Waals surface area contributed by atoms with Crippen molar-refractivity contribution in [3.05, 3.63) is 35.9 Å². The molecule has 1 rings (SSSR count). The van der Waals surface area contributed by atoms with Crippen molar-refractivity contribution in [2.45, 2.75) is 52.1 Å². The van der Waals surface area contributed by atoms with Gasteiger partial charge in [-0.3, -0.25) is 0 Å². The maximum absolute atomic E-state index is 10.2. The summed E-state index contributed by atoms with van der Waals surface area (Å²) < 4.78 is 0. The second kappa shape index (κ2) is 9.99. The Labute approximate surface area is 118 Å². The first-order valence-corrected chi connectivity index (χ1v) is 7.73. The summed E-state index contributed by atoms with van der Waals surface area (Å²) in [6, 6.07) is 9.99. The van der Waals surface area contributed by atoms with Crippen LogP contribution in [0.1, 0.15) is 57.6 Å². The van der Waals surface area contributed by atoms with E-state index < -0.39 is 0 Å². The Morgan fingerprint density at radius 1 is 0.947 bits per heavy atom. The second-order valence-electron chi connectivity index (χ2n) is 5.26. The van der Waals surface area contributed by atoms with E-state index in [-0.39, 0.29) is 6.10 Å². The third-order valence-corrected chi connectivity index (χ3v) is 3.56. The zero-order chi connectivity index (χ0) is 13.9. The molecule has 0 radical (unpaired) electrons. The van der Waals surface area contributed by atoms with E-state index in [0.717, 1.165) is 31.6 Å². The normalized spacial score (nSPS) is 12.8. The number of aliphatic hydroxyl groups is 1. The molecule has 0 aliphatic rings. The minimum atomic E-state index is -0.327. The number of rotatable bonds is 10. The lowest BCUT2D eigenvalue weighted by Gasteiger charge is -2.23. The van der Waals surface area contributed by atoms with Gasteiger partial charge in [0.25, 0.3) is 0 Å². The zero-order valence-corrected chi connectivity index (χ0v) is 12.5. The minimum absolute atomic E-state index is 0.327. The van der Waals surface area contributed by atoms with Crippen LogP contribution in [0.25, 0.3) is 0 Å². The number of benzene rings is 1. The van der Waals surface area contributed by atoms with Crippen molar-refractivity contribution in [1.29, 1.82) is 0 Å². The number of aliphatic hydroxyl groups excluding tert-OH is 1. The van der Waals surface area contributed by atoms with Crippen molar-refractivity contribution in [1.82, 2.24) is 4.90 Å². The van der Waals surface area contributed by atoms with E-state index in [1.165, 1.54) is 25.7 Å². The maximum atomic E-state index is 10.2. The predicted octanol–water partition coefficient (Wildman–Crippen LogP) is 4.01. The summed E-state index contributed by atoms with van der Waals surface area (Å²) in [6.07, 6.45) is 5.49.